The van der Waals surface area contributed by atoms with E-state index in [4.69, 9.17) is 0 Å². The standard InChI is InChI=1S/C20H17F3N4O/c1-13-6-2-3-7-14(13)11-24-18-10-17(25-12-26-18)19(28)27-16-9-5-4-8-15(16)20(21,22)23/h2-10,12H,11H2,1H3,(H,27,28)(H,24,25,26). The summed E-state index contributed by atoms with van der Waals surface area (Å²) in [5.74, 6) is -0.356. The van der Waals surface area contributed by atoms with Gasteiger partial charge in [-0.25, -0.2) is 9.97 Å². The fraction of sp³-hybridized carbons (Fsp3) is 0.150. The molecule has 8 heteroatoms. The summed E-state index contributed by atoms with van der Waals surface area (Å²) >= 11 is 0. The predicted octanol–water partition coefficient (Wildman–Crippen LogP) is 4.67. The number of benzene rings is 2. The number of rotatable bonds is 5. The molecule has 1 amide bonds. The minimum atomic E-state index is -4.57. The fourth-order valence-corrected chi connectivity index (χ4v) is 2.60. The first-order valence-corrected chi connectivity index (χ1v) is 8.42. The third-order valence-corrected chi connectivity index (χ3v) is 4.10. The smallest absolute Gasteiger partial charge is 0.366 e. The molecule has 0 atom stereocenters. The number of para-hydroxylation sites is 1. The van der Waals surface area contributed by atoms with Crippen LogP contribution in [0.15, 0.2) is 60.9 Å². The highest BCUT2D eigenvalue weighted by Crippen LogP contribution is 2.34. The van der Waals surface area contributed by atoms with Gasteiger partial charge in [-0.2, -0.15) is 13.2 Å². The second-order valence-corrected chi connectivity index (χ2v) is 6.07. The highest BCUT2D eigenvalue weighted by Gasteiger charge is 2.33. The van der Waals surface area contributed by atoms with Crippen molar-refractivity contribution in [3.05, 3.63) is 83.3 Å². The van der Waals surface area contributed by atoms with Crippen LogP contribution in [0.2, 0.25) is 0 Å². The number of amides is 1. The van der Waals surface area contributed by atoms with Gasteiger partial charge < -0.3 is 10.6 Å². The summed E-state index contributed by atoms with van der Waals surface area (Å²) in [5, 5.41) is 5.35. The van der Waals surface area contributed by atoms with Crippen molar-refractivity contribution in [3.8, 4) is 0 Å². The van der Waals surface area contributed by atoms with E-state index in [0.29, 0.717) is 12.4 Å². The lowest BCUT2D eigenvalue weighted by molar-refractivity contribution is -0.136. The maximum absolute atomic E-state index is 13.1. The van der Waals surface area contributed by atoms with Gasteiger partial charge in [-0.15, -0.1) is 0 Å². The van der Waals surface area contributed by atoms with E-state index in [2.05, 4.69) is 20.6 Å². The monoisotopic (exact) mass is 386 g/mol. The molecule has 1 aromatic heterocycles. The van der Waals surface area contributed by atoms with Gasteiger partial charge in [0.05, 0.1) is 11.3 Å². The number of aromatic nitrogens is 2. The Hall–Kier alpha value is -3.42. The number of nitrogens with zero attached hydrogens (tertiary/aromatic N) is 2. The van der Waals surface area contributed by atoms with Crippen molar-refractivity contribution >= 4 is 17.4 Å². The largest absolute Gasteiger partial charge is 0.418 e. The molecule has 0 aliphatic heterocycles. The Labute approximate surface area is 159 Å². The molecule has 0 radical (unpaired) electrons. The van der Waals surface area contributed by atoms with Gasteiger partial charge in [-0.3, -0.25) is 4.79 Å². The van der Waals surface area contributed by atoms with E-state index in [0.717, 1.165) is 17.2 Å². The second kappa shape index (κ2) is 8.08. The molecule has 0 aliphatic carbocycles. The van der Waals surface area contributed by atoms with Gasteiger partial charge in [-0.1, -0.05) is 36.4 Å². The fourth-order valence-electron chi connectivity index (χ4n) is 2.60. The van der Waals surface area contributed by atoms with Crippen LogP contribution in [0.3, 0.4) is 0 Å². The average molecular weight is 386 g/mol. The SMILES string of the molecule is Cc1ccccc1CNc1cc(C(=O)Nc2ccccc2C(F)(F)F)ncn1. The number of carbonyl (C=O) groups excluding carboxylic acids is 1. The number of alkyl halides is 3. The minimum absolute atomic E-state index is 0.0424. The lowest BCUT2D eigenvalue weighted by Gasteiger charge is -2.13. The van der Waals surface area contributed by atoms with Crippen LogP contribution in [0.5, 0.6) is 0 Å². The Kier molecular flexibility index (Phi) is 5.58. The summed E-state index contributed by atoms with van der Waals surface area (Å²) in [6, 6.07) is 14.0. The number of carbonyl (C=O) groups is 1. The molecular weight excluding hydrogens is 369 g/mol. The molecule has 3 aromatic rings. The van der Waals surface area contributed by atoms with E-state index in [1.165, 1.54) is 30.6 Å². The van der Waals surface area contributed by atoms with E-state index in [1.54, 1.807) is 0 Å². The van der Waals surface area contributed by atoms with Crippen molar-refractivity contribution < 1.29 is 18.0 Å². The molecule has 0 spiro atoms. The van der Waals surface area contributed by atoms with Crippen molar-refractivity contribution in [2.45, 2.75) is 19.6 Å². The first-order chi connectivity index (χ1) is 13.3. The van der Waals surface area contributed by atoms with E-state index in [-0.39, 0.29) is 11.4 Å². The molecule has 0 fully saturated rings. The number of halogens is 3. The zero-order valence-corrected chi connectivity index (χ0v) is 14.9. The summed E-state index contributed by atoms with van der Waals surface area (Å²) in [7, 11) is 0. The van der Waals surface area contributed by atoms with Crippen LogP contribution < -0.4 is 10.6 Å². The number of anilines is 2. The van der Waals surface area contributed by atoms with Gasteiger partial charge >= 0.3 is 6.18 Å². The van der Waals surface area contributed by atoms with Crippen molar-refractivity contribution in [2.24, 2.45) is 0 Å². The Bertz CT molecular complexity index is 989. The zero-order valence-electron chi connectivity index (χ0n) is 14.9. The van der Waals surface area contributed by atoms with E-state index in [9.17, 15) is 18.0 Å². The van der Waals surface area contributed by atoms with Crippen molar-refractivity contribution in [2.75, 3.05) is 10.6 Å². The maximum atomic E-state index is 13.1. The molecule has 2 aromatic carbocycles. The van der Waals surface area contributed by atoms with Crippen LogP contribution in [0.4, 0.5) is 24.7 Å². The lowest BCUT2D eigenvalue weighted by atomic mass is 10.1. The maximum Gasteiger partial charge on any atom is 0.418 e. The van der Waals surface area contributed by atoms with Crippen LogP contribution >= 0.6 is 0 Å². The predicted molar refractivity (Wildman–Crippen MR) is 99.9 cm³/mol. The zero-order chi connectivity index (χ0) is 20.1. The molecule has 0 bridgehead atoms. The highest BCUT2D eigenvalue weighted by molar-refractivity contribution is 6.03. The quantitative estimate of drug-likeness (QED) is 0.669. The molecule has 3 rings (SSSR count). The van der Waals surface area contributed by atoms with Gasteiger partial charge in [0.25, 0.3) is 5.91 Å². The highest BCUT2D eigenvalue weighted by atomic mass is 19.4. The molecule has 28 heavy (non-hydrogen) atoms. The normalized spacial score (nSPS) is 11.1. The number of hydrogen-bond acceptors (Lipinski definition) is 4. The number of aryl methyl sites for hydroxylation is 1. The third-order valence-electron chi connectivity index (χ3n) is 4.10. The number of nitrogens with one attached hydrogen (secondary N) is 2. The molecule has 1 heterocycles. The van der Waals surface area contributed by atoms with E-state index >= 15 is 0 Å². The summed E-state index contributed by atoms with van der Waals surface area (Å²) < 4.78 is 39.2. The first kappa shape index (κ1) is 19.3. The molecule has 5 nitrogen and oxygen atoms in total. The van der Waals surface area contributed by atoms with Crippen LogP contribution in [0.1, 0.15) is 27.2 Å². The van der Waals surface area contributed by atoms with Crippen molar-refractivity contribution in [1.29, 1.82) is 0 Å². The molecule has 144 valence electrons. The molecule has 0 saturated carbocycles. The van der Waals surface area contributed by atoms with Crippen molar-refractivity contribution in [3.63, 3.8) is 0 Å². The molecule has 0 aliphatic rings. The van der Waals surface area contributed by atoms with Crippen LogP contribution in [0.25, 0.3) is 0 Å². The molecule has 2 N–H and O–H groups in total. The van der Waals surface area contributed by atoms with Gasteiger partial charge in [0.15, 0.2) is 0 Å². The molecule has 0 unspecified atom stereocenters. The van der Waals surface area contributed by atoms with E-state index in [1.807, 2.05) is 31.2 Å². The average Bonchev–Trinajstić information content (AvgIpc) is 2.67. The summed E-state index contributed by atoms with van der Waals surface area (Å²) in [6.07, 6.45) is -3.39. The van der Waals surface area contributed by atoms with Gasteiger partial charge in [-0.05, 0) is 30.2 Å². The van der Waals surface area contributed by atoms with Crippen molar-refractivity contribution in [1.82, 2.24) is 9.97 Å². The van der Waals surface area contributed by atoms with Gasteiger partial charge in [0, 0.05) is 12.6 Å². The number of hydrogen-bond donors (Lipinski definition) is 2. The van der Waals surface area contributed by atoms with Gasteiger partial charge in [0.2, 0.25) is 0 Å². The third kappa shape index (κ3) is 4.64. The Morgan fingerprint density at radius 1 is 1.04 bits per heavy atom. The minimum Gasteiger partial charge on any atom is -0.366 e. The first-order valence-electron chi connectivity index (χ1n) is 8.42. The lowest BCUT2D eigenvalue weighted by Crippen LogP contribution is -2.18. The Morgan fingerprint density at radius 3 is 2.50 bits per heavy atom. The Morgan fingerprint density at radius 2 is 1.75 bits per heavy atom. The Balaban J connectivity index is 1.74. The molecular formula is C20H17F3N4O. The topological polar surface area (TPSA) is 66.9 Å². The van der Waals surface area contributed by atoms with E-state index < -0.39 is 17.6 Å². The van der Waals surface area contributed by atoms with Crippen LogP contribution in [-0.4, -0.2) is 15.9 Å². The second-order valence-electron chi connectivity index (χ2n) is 6.07. The summed E-state index contributed by atoms with van der Waals surface area (Å²) in [5.41, 5.74) is 0.875. The summed E-state index contributed by atoms with van der Waals surface area (Å²) in [6.45, 7) is 2.47. The van der Waals surface area contributed by atoms with Crippen LogP contribution in [-0.2, 0) is 12.7 Å². The van der Waals surface area contributed by atoms with Gasteiger partial charge in [0.1, 0.15) is 17.8 Å². The molecule has 0 saturated heterocycles. The van der Waals surface area contributed by atoms with Crippen LogP contribution in [0, 0.1) is 6.92 Å². The summed E-state index contributed by atoms with van der Waals surface area (Å²) in [4.78, 5) is 20.3.